The van der Waals surface area contributed by atoms with Crippen LogP contribution in [-0.4, -0.2) is 29.9 Å². The van der Waals surface area contributed by atoms with E-state index in [0.29, 0.717) is 6.54 Å². The van der Waals surface area contributed by atoms with Crippen molar-refractivity contribution in [2.75, 3.05) is 25.1 Å². The van der Waals surface area contributed by atoms with Crippen LogP contribution in [0.15, 0.2) is 79.7 Å². The summed E-state index contributed by atoms with van der Waals surface area (Å²) < 4.78 is 1.98. The highest BCUT2D eigenvalue weighted by Gasteiger charge is 2.02. The number of aromatic nitrogens is 1. The molecule has 0 aliphatic rings. The van der Waals surface area contributed by atoms with E-state index in [9.17, 15) is 0 Å². The Balaban J connectivity index is 2.00. The van der Waals surface area contributed by atoms with Gasteiger partial charge in [-0.3, -0.25) is 0 Å². The molecule has 25 heavy (non-hydrogen) atoms. The van der Waals surface area contributed by atoms with Gasteiger partial charge in [-0.1, -0.05) is 55.7 Å². The van der Waals surface area contributed by atoms with E-state index in [1.807, 2.05) is 35.2 Å². The summed E-state index contributed by atoms with van der Waals surface area (Å²) >= 11 is 0. The topological polar surface area (TPSA) is 28.4 Å². The Morgan fingerprint density at radius 3 is 2.48 bits per heavy atom. The van der Waals surface area contributed by atoms with Crippen LogP contribution in [0.5, 0.6) is 0 Å². The maximum absolute atomic E-state index is 8.95. The van der Waals surface area contributed by atoms with E-state index >= 15 is 0 Å². The van der Waals surface area contributed by atoms with E-state index in [4.69, 9.17) is 5.11 Å². The van der Waals surface area contributed by atoms with Crippen LogP contribution in [0.4, 0.5) is 5.69 Å². The largest absolute Gasteiger partial charge is 0.395 e. The monoisotopic (exact) mass is 334 g/mol. The molecular weight excluding hydrogens is 308 g/mol. The summed E-state index contributed by atoms with van der Waals surface area (Å²) in [5.41, 5.74) is 4.56. The number of benzene rings is 1. The molecule has 0 unspecified atom stereocenters. The average molecular weight is 334 g/mol. The fourth-order valence-corrected chi connectivity index (χ4v) is 2.55. The first-order valence-electron chi connectivity index (χ1n) is 8.36. The van der Waals surface area contributed by atoms with Gasteiger partial charge in [0.05, 0.1) is 6.61 Å². The van der Waals surface area contributed by atoms with Crippen LogP contribution in [0.1, 0.15) is 11.1 Å². The van der Waals surface area contributed by atoms with Gasteiger partial charge in [0.15, 0.2) is 0 Å². The molecule has 0 aliphatic carbocycles. The Bertz CT molecular complexity index is 751. The second kappa shape index (κ2) is 9.50. The van der Waals surface area contributed by atoms with Crippen molar-refractivity contribution in [1.29, 1.82) is 0 Å². The van der Waals surface area contributed by atoms with Crippen LogP contribution in [0, 0.1) is 0 Å². The molecule has 2 rings (SSSR count). The van der Waals surface area contributed by atoms with Gasteiger partial charge in [-0.05, 0) is 34.9 Å². The lowest BCUT2D eigenvalue weighted by Crippen LogP contribution is -2.19. The highest BCUT2D eigenvalue weighted by Crippen LogP contribution is 2.17. The Labute approximate surface area is 150 Å². The maximum atomic E-state index is 8.95. The molecule has 0 saturated heterocycles. The summed E-state index contributed by atoms with van der Waals surface area (Å²) in [5.74, 6) is 0. The van der Waals surface area contributed by atoms with Crippen LogP contribution in [0.25, 0.3) is 12.2 Å². The molecule has 1 aromatic carbocycles. The van der Waals surface area contributed by atoms with Crippen LogP contribution >= 0.6 is 0 Å². The number of hydrogen-bond donors (Lipinski definition) is 1. The second-order valence-corrected chi connectivity index (χ2v) is 5.87. The Hall–Kier alpha value is -2.78. The van der Waals surface area contributed by atoms with Gasteiger partial charge >= 0.3 is 0 Å². The number of aliphatic hydroxyl groups excluding tert-OH is 1. The number of hydrogen-bond acceptors (Lipinski definition) is 2. The van der Waals surface area contributed by atoms with Crippen LogP contribution in [-0.2, 0) is 6.54 Å². The van der Waals surface area contributed by atoms with Gasteiger partial charge in [-0.25, -0.2) is 0 Å². The van der Waals surface area contributed by atoms with Crippen LogP contribution < -0.4 is 4.90 Å². The van der Waals surface area contributed by atoms with Gasteiger partial charge in [0.25, 0.3) is 0 Å². The molecule has 0 saturated carbocycles. The zero-order valence-corrected chi connectivity index (χ0v) is 14.8. The highest BCUT2D eigenvalue weighted by atomic mass is 16.3. The van der Waals surface area contributed by atoms with Gasteiger partial charge in [-0.15, -0.1) is 0 Å². The summed E-state index contributed by atoms with van der Waals surface area (Å²) in [5, 5.41) is 8.95. The molecule has 2 aromatic rings. The molecule has 0 fully saturated rings. The quantitative estimate of drug-likeness (QED) is 0.689. The van der Waals surface area contributed by atoms with E-state index in [-0.39, 0.29) is 6.61 Å². The smallest absolute Gasteiger partial charge is 0.0610 e. The van der Waals surface area contributed by atoms with E-state index < -0.39 is 0 Å². The number of allylic oxidation sites excluding steroid dienone is 2. The molecule has 130 valence electrons. The lowest BCUT2D eigenvalue weighted by molar-refractivity contribution is 0.276. The molecule has 0 spiro atoms. The van der Waals surface area contributed by atoms with Crippen molar-refractivity contribution >= 4 is 17.8 Å². The van der Waals surface area contributed by atoms with Gasteiger partial charge in [0, 0.05) is 38.2 Å². The number of rotatable bonds is 9. The minimum Gasteiger partial charge on any atom is -0.395 e. The SMILES string of the molecule is C=C/C=C(\C=C)CN(C)c1ccc(/C=C/c2ccn(CCO)c2)cc1. The normalized spacial score (nSPS) is 11.7. The Morgan fingerprint density at radius 2 is 1.84 bits per heavy atom. The number of aliphatic hydroxyl groups is 1. The third-order valence-electron chi connectivity index (χ3n) is 3.95. The van der Waals surface area contributed by atoms with Crippen LogP contribution in [0.3, 0.4) is 0 Å². The fourth-order valence-electron chi connectivity index (χ4n) is 2.55. The minimum atomic E-state index is 0.155. The van der Waals surface area contributed by atoms with Crippen molar-refractivity contribution < 1.29 is 5.11 Å². The third kappa shape index (κ3) is 5.66. The van der Waals surface area contributed by atoms with Crippen molar-refractivity contribution in [2.24, 2.45) is 0 Å². The number of likely N-dealkylation sites (N-methyl/N-ethyl adjacent to an activating group) is 1. The fraction of sp³-hybridized carbons (Fsp3) is 0.182. The summed E-state index contributed by atoms with van der Waals surface area (Å²) in [6, 6.07) is 10.5. The van der Waals surface area contributed by atoms with E-state index in [0.717, 1.165) is 28.9 Å². The van der Waals surface area contributed by atoms with Gasteiger partial charge in [0.1, 0.15) is 0 Å². The molecular formula is C22H26N2O. The van der Waals surface area contributed by atoms with E-state index in [1.165, 1.54) is 0 Å². The predicted octanol–water partition coefficient (Wildman–Crippen LogP) is 4.39. The molecule has 0 atom stereocenters. The first-order chi connectivity index (χ1) is 12.2. The maximum Gasteiger partial charge on any atom is 0.0610 e. The Morgan fingerprint density at radius 1 is 1.12 bits per heavy atom. The van der Waals surface area contributed by atoms with Gasteiger partial charge in [-0.2, -0.15) is 0 Å². The van der Waals surface area contributed by atoms with Crippen molar-refractivity contribution in [3.05, 3.63) is 90.8 Å². The first-order valence-corrected chi connectivity index (χ1v) is 8.36. The lowest BCUT2D eigenvalue weighted by Gasteiger charge is -2.20. The van der Waals surface area contributed by atoms with Crippen molar-refractivity contribution in [3.63, 3.8) is 0 Å². The number of nitrogens with zero attached hydrogens (tertiary/aromatic N) is 2. The third-order valence-corrected chi connectivity index (χ3v) is 3.95. The van der Waals surface area contributed by atoms with Gasteiger partial charge < -0.3 is 14.6 Å². The standard InChI is InChI=1S/C22H26N2O/c1-4-6-19(5-2)17-23(3)22-11-9-20(10-12-22)7-8-21-13-14-24(18-21)15-16-25/h4-14,18,25H,1-2,15-17H2,3H3/b8-7+,19-6+. The molecule has 1 heterocycles. The zero-order valence-electron chi connectivity index (χ0n) is 14.8. The molecule has 1 N–H and O–H groups in total. The van der Waals surface area contributed by atoms with Crippen molar-refractivity contribution in [2.45, 2.75) is 6.54 Å². The summed E-state index contributed by atoms with van der Waals surface area (Å²) in [4.78, 5) is 2.18. The van der Waals surface area contributed by atoms with Gasteiger partial charge in [0.2, 0.25) is 0 Å². The van der Waals surface area contributed by atoms with E-state index in [2.05, 4.69) is 61.5 Å². The summed E-state index contributed by atoms with van der Waals surface area (Å²) in [6.45, 7) is 9.15. The summed E-state index contributed by atoms with van der Waals surface area (Å²) in [6.07, 6.45) is 13.8. The molecule has 0 radical (unpaired) electrons. The molecule has 1 aromatic heterocycles. The molecule has 3 heteroatoms. The summed E-state index contributed by atoms with van der Waals surface area (Å²) in [7, 11) is 2.06. The van der Waals surface area contributed by atoms with Crippen LogP contribution in [0.2, 0.25) is 0 Å². The molecule has 0 aliphatic heterocycles. The second-order valence-electron chi connectivity index (χ2n) is 5.87. The first kappa shape index (κ1) is 18.6. The zero-order chi connectivity index (χ0) is 18.1. The Kier molecular flexibility index (Phi) is 7.05. The lowest BCUT2D eigenvalue weighted by atomic mass is 10.1. The number of anilines is 1. The van der Waals surface area contributed by atoms with Crippen molar-refractivity contribution in [3.8, 4) is 0 Å². The predicted molar refractivity (Wildman–Crippen MR) is 109 cm³/mol. The van der Waals surface area contributed by atoms with Crippen molar-refractivity contribution in [1.82, 2.24) is 4.57 Å². The average Bonchev–Trinajstić information content (AvgIpc) is 3.08. The molecule has 0 amide bonds. The van der Waals surface area contributed by atoms with E-state index in [1.54, 1.807) is 6.08 Å². The molecule has 3 nitrogen and oxygen atoms in total. The highest BCUT2D eigenvalue weighted by molar-refractivity contribution is 5.70. The molecule has 0 bridgehead atoms. The minimum absolute atomic E-state index is 0.155.